The number of nitrogens with one attached hydrogen (secondary N) is 1. The number of halogens is 3. The summed E-state index contributed by atoms with van der Waals surface area (Å²) in [7, 11) is -4.65. The van der Waals surface area contributed by atoms with Gasteiger partial charge in [0.25, 0.3) is 0 Å². The van der Waals surface area contributed by atoms with E-state index in [0.29, 0.717) is 6.54 Å². The van der Waals surface area contributed by atoms with E-state index >= 15 is 0 Å². The number of para-hydroxylation sites is 1. The highest BCUT2D eigenvalue weighted by Crippen LogP contribution is 2.28. The van der Waals surface area contributed by atoms with E-state index in [4.69, 9.17) is 0 Å². The quantitative estimate of drug-likeness (QED) is 0.802. The molecule has 0 amide bonds. The van der Waals surface area contributed by atoms with E-state index in [1.54, 1.807) is 18.2 Å². The number of likely N-dealkylation sites (tertiary alicyclic amines) is 1. The van der Waals surface area contributed by atoms with Crippen molar-refractivity contribution in [1.29, 1.82) is 0 Å². The summed E-state index contributed by atoms with van der Waals surface area (Å²) in [6.07, 6.45) is 1.51. The van der Waals surface area contributed by atoms with Crippen LogP contribution < -0.4 is 5.32 Å². The maximum Gasteiger partial charge on any atom is 0.341 e. The average molecular weight is 398 g/mol. The Labute approximate surface area is 156 Å². The van der Waals surface area contributed by atoms with Crippen LogP contribution in [-0.4, -0.2) is 38.2 Å². The topological polar surface area (TPSA) is 49.4 Å². The van der Waals surface area contributed by atoms with Crippen LogP contribution in [0.2, 0.25) is 0 Å². The molecule has 4 nitrogen and oxygen atoms in total. The van der Waals surface area contributed by atoms with Crippen molar-refractivity contribution in [3.63, 3.8) is 0 Å². The summed E-state index contributed by atoms with van der Waals surface area (Å²) in [5.41, 5.74) is 1.24. The molecule has 0 bridgehead atoms. The first-order valence-electron chi connectivity index (χ1n) is 8.70. The lowest BCUT2D eigenvalue weighted by Gasteiger charge is -2.33. The van der Waals surface area contributed by atoms with E-state index in [9.17, 15) is 21.6 Å². The van der Waals surface area contributed by atoms with E-state index in [2.05, 4.69) is 10.2 Å². The average Bonchev–Trinajstić information content (AvgIpc) is 2.65. The number of sulfone groups is 1. The SMILES string of the molecule is O=S(=O)(c1ccccc1NC1CCN(Cc2ccc(F)cc2)CC1)C(F)F. The summed E-state index contributed by atoms with van der Waals surface area (Å²) < 4.78 is 62.5. The minimum Gasteiger partial charge on any atom is -0.381 e. The fourth-order valence-electron chi connectivity index (χ4n) is 3.23. The summed E-state index contributed by atoms with van der Waals surface area (Å²) in [6, 6.07) is 12.2. The molecule has 1 N–H and O–H groups in total. The van der Waals surface area contributed by atoms with Crippen molar-refractivity contribution in [3.8, 4) is 0 Å². The zero-order chi connectivity index (χ0) is 19.4. The van der Waals surface area contributed by atoms with E-state index in [1.165, 1.54) is 30.3 Å². The van der Waals surface area contributed by atoms with Crippen LogP contribution in [0, 0.1) is 5.82 Å². The lowest BCUT2D eigenvalue weighted by Crippen LogP contribution is -2.38. The normalized spacial score (nSPS) is 16.6. The molecule has 1 aliphatic rings. The van der Waals surface area contributed by atoms with Crippen molar-refractivity contribution in [2.75, 3.05) is 18.4 Å². The van der Waals surface area contributed by atoms with Gasteiger partial charge in [-0.05, 0) is 42.7 Å². The van der Waals surface area contributed by atoms with Crippen LogP contribution in [-0.2, 0) is 16.4 Å². The van der Waals surface area contributed by atoms with Crippen molar-refractivity contribution < 1.29 is 21.6 Å². The summed E-state index contributed by atoms with van der Waals surface area (Å²) in [5, 5.41) is 3.11. The number of rotatable bonds is 6. The molecule has 8 heteroatoms. The molecule has 0 aliphatic carbocycles. The number of hydrogen-bond donors (Lipinski definition) is 1. The number of nitrogens with zero attached hydrogens (tertiary/aromatic N) is 1. The van der Waals surface area contributed by atoms with Gasteiger partial charge in [0.05, 0.1) is 10.6 Å². The van der Waals surface area contributed by atoms with E-state index in [0.717, 1.165) is 31.5 Å². The van der Waals surface area contributed by atoms with Gasteiger partial charge in [0.15, 0.2) is 0 Å². The van der Waals surface area contributed by atoms with Gasteiger partial charge in [0.1, 0.15) is 5.82 Å². The lowest BCUT2D eigenvalue weighted by atomic mass is 10.0. The fourth-order valence-corrected chi connectivity index (χ4v) is 4.13. The molecule has 0 radical (unpaired) electrons. The van der Waals surface area contributed by atoms with Gasteiger partial charge in [-0.1, -0.05) is 24.3 Å². The minimum atomic E-state index is -4.65. The Morgan fingerprint density at radius 3 is 2.30 bits per heavy atom. The largest absolute Gasteiger partial charge is 0.381 e. The summed E-state index contributed by atoms with van der Waals surface area (Å²) in [4.78, 5) is 1.86. The van der Waals surface area contributed by atoms with Crippen LogP contribution in [0.5, 0.6) is 0 Å². The molecule has 146 valence electrons. The molecule has 1 aliphatic heterocycles. The number of alkyl halides is 2. The molecule has 0 saturated carbocycles. The highest BCUT2D eigenvalue weighted by molar-refractivity contribution is 7.91. The molecule has 1 heterocycles. The third kappa shape index (κ3) is 4.81. The first-order chi connectivity index (χ1) is 12.9. The third-order valence-corrected chi connectivity index (χ3v) is 6.13. The van der Waals surface area contributed by atoms with Gasteiger partial charge in [-0.2, -0.15) is 8.78 Å². The molecule has 0 unspecified atom stereocenters. The van der Waals surface area contributed by atoms with Crippen LogP contribution in [0.3, 0.4) is 0 Å². The first-order valence-corrected chi connectivity index (χ1v) is 10.3. The zero-order valence-electron chi connectivity index (χ0n) is 14.6. The van der Waals surface area contributed by atoms with Gasteiger partial charge < -0.3 is 5.32 Å². The molecule has 27 heavy (non-hydrogen) atoms. The Morgan fingerprint density at radius 2 is 1.67 bits per heavy atom. The predicted molar refractivity (Wildman–Crippen MR) is 98.0 cm³/mol. The molecular weight excluding hydrogens is 377 g/mol. The second kappa shape index (κ2) is 8.31. The molecule has 1 saturated heterocycles. The van der Waals surface area contributed by atoms with Crippen LogP contribution in [0.1, 0.15) is 18.4 Å². The van der Waals surface area contributed by atoms with Gasteiger partial charge in [0, 0.05) is 25.7 Å². The second-order valence-electron chi connectivity index (χ2n) is 6.62. The van der Waals surface area contributed by atoms with Crippen molar-refractivity contribution in [2.24, 2.45) is 0 Å². The third-order valence-electron chi connectivity index (χ3n) is 4.69. The van der Waals surface area contributed by atoms with Crippen molar-refractivity contribution in [2.45, 2.75) is 36.1 Å². The minimum absolute atomic E-state index is 0.00323. The van der Waals surface area contributed by atoms with E-state index in [1.807, 2.05) is 0 Å². The predicted octanol–water partition coefficient (Wildman–Crippen LogP) is 3.90. The summed E-state index contributed by atoms with van der Waals surface area (Å²) in [6.45, 7) is 2.26. The number of piperidine rings is 1. The molecule has 0 atom stereocenters. The zero-order valence-corrected chi connectivity index (χ0v) is 15.4. The Morgan fingerprint density at radius 1 is 1.04 bits per heavy atom. The molecule has 1 fully saturated rings. The lowest BCUT2D eigenvalue weighted by molar-refractivity contribution is 0.211. The Bertz CT molecular complexity index is 865. The van der Waals surface area contributed by atoms with Gasteiger partial charge in [-0.25, -0.2) is 12.8 Å². The monoisotopic (exact) mass is 398 g/mol. The van der Waals surface area contributed by atoms with Crippen molar-refractivity contribution in [1.82, 2.24) is 4.90 Å². The molecule has 0 aromatic heterocycles. The molecule has 0 spiro atoms. The molecule has 2 aromatic carbocycles. The van der Waals surface area contributed by atoms with Crippen molar-refractivity contribution in [3.05, 3.63) is 59.9 Å². The highest BCUT2D eigenvalue weighted by atomic mass is 32.2. The van der Waals surface area contributed by atoms with Crippen LogP contribution in [0.4, 0.5) is 18.9 Å². The second-order valence-corrected chi connectivity index (χ2v) is 8.51. The molecule has 2 aromatic rings. The Balaban J connectivity index is 1.61. The standard InChI is InChI=1S/C19H21F3N2O2S/c20-15-7-5-14(6-8-15)13-24-11-9-16(10-12-24)23-17-3-1-2-4-18(17)27(25,26)19(21)22/h1-8,16,19,23H,9-13H2. The summed E-state index contributed by atoms with van der Waals surface area (Å²) in [5.74, 6) is -3.71. The van der Waals surface area contributed by atoms with E-state index < -0.39 is 15.6 Å². The highest BCUT2D eigenvalue weighted by Gasteiger charge is 2.30. The number of anilines is 1. The van der Waals surface area contributed by atoms with Crippen LogP contribution in [0.15, 0.2) is 53.4 Å². The smallest absolute Gasteiger partial charge is 0.341 e. The first kappa shape index (κ1) is 19.7. The van der Waals surface area contributed by atoms with E-state index in [-0.39, 0.29) is 22.4 Å². The Hall–Kier alpha value is -2.06. The van der Waals surface area contributed by atoms with Gasteiger partial charge >= 0.3 is 5.76 Å². The maximum atomic E-state index is 13.0. The molecule has 3 rings (SSSR count). The Kier molecular flexibility index (Phi) is 6.06. The fraction of sp³-hybridized carbons (Fsp3) is 0.368. The van der Waals surface area contributed by atoms with Crippen molar-refractivity contribution >= 4 is 15.5 Å². The van der Waals surface area contributed by atoms with Gasteiger partial charge in [-0.3, -0.25) is 4.90 Å². The van der Waals surface area contributed by atoms with Gasteiger partial charge in [0.2, 0.25) is 9.84 Å². The molecular formula is C19H21F3N2O2S. The number of hydrogen-bond acceptors (Lipinski definition) is 4. The summed E-state index contributed by atoms with van der Waals surface area (Å²) >= 11 is 0. The van der Waals surface area contributed by atoms with Gasteiger partial charge in [-0.15, -0.1) is 0 Å². The van der Waals surface area contributed by atoms with Crippen LogP contribution >= 0.6 is 0 Å². The van der Waals surface area contributed by atoms with Crippen LogP contribution in [0.25, 0.3) is 0 Å². The number of benzene rings is 2. The maximum absolute atomic E-state index is 13.0.